The van der Waals surface area contributed by atoms with Gasteiger partial charge >= 0.3 is 11.8 Å². The maximum Gasteiger partial charge on any atom is 0.310 e. The van der Waals surface area contributed by atoms with Crippen LogP contribution in [0.5, 0.6) is 5.75 Å². The number of nitrogens with zero attached hydrogens (tertiary/aromatic N) is 2. The quantitative estimate of drug-likeness (QED) is 0.700. The van der Waals surface area contributed by atoms with E-state index < -0.39 is 17.9 Å². The SMILES string of the molecule is COc1ccc(C(CNC(=O)C(=O)NC2C(=O)N(C)c3ccccc32)N(C)C)cc1. The number of benzene rings is 2. The van der Waals surface area contributed by atoms with E-state index in [1.807, 2.05) is 49.3 Å². The Labute approximate surface area is 175 Å². The molecule has 3 rings (SSSR count). The number of anilines is 1. The fourth-order valence-corrected chi connectivity index (χ4v) is 3.51. The van der Waals surface area contributed by atoms with Gasteiger partial charge in [0.05, 0.1) is 13.2 Å². The summed E-state index contributed by atoms with van der Waals surface area (Å²) in [7, 11) is 7.03. The molecule has 1 aliphatic heterocycles. The molecule has 0 aliphatic carbocycles. The van der Waals surface area contributed by atoms with E-state index in [1.54, 1.807) is 32.4 Å². The van der Waals surface area contributed by atoms with Gasteiger partial charge < -0.3 is 25.2 Å². The third-order valence-corrected chi connectivity index (χ3v) is 5.25. The lowest BCUT2D eigenvalue weighted by atomic mass is 10.1. The minimum atomic E-state index is -0.865. The number of para-hydroxylation sites is 1. The molecule has 0 radical (unpaired) electrons. The molecule has 158 valence electrons. The molecule has 8 nitrogen and oxygen atoms in total. The number of rotatable bonds is 6. The molecule has 2 unspecified atom stereocenters. The normalized spacial score (nSPS) is 16.2. The standard InChI is InChI=1S/C22H26N4O4/c1-25(2)18(14-9-11-15(30-4)12-10-14)13-23-20(27)21(28)24-19-16-7-5-6-8-17(16)26(3)22(19)29/h5-12,18-19H,13H2,1-4H3,(H,23,27)(H,24,28). The zero-order chi connectivity index (χ0) is 21.8. The van der Waals surface area contributed by atoms with E-state index >= 15 is 0 Å². The first-order valence-electron chi connectivity index (χ1n) is 9.59. The van der Waals surface area contributed by atoms with Crippen molar-refractivity contribution in [2.24, 2.45) is 0 Å². The number of nitrogens with one attached hydrogen (secondary N) is 2. The molecule has 3 amide bonds. The summed E-state index contributed by atoms with van der Waals surface area (Å²) in [6, 6.07) is 13.7. The molecule has 1 heterocycles. The van der Waals surface area contributed by atoms with Gasteiger partial charge in [-0.2, -0.15) is 0 Å². The van der Waals surface area contributed by atoms with Crippen LogP contribution in [-0.2, 0) is 14.4 Å². The zero-order valence-corrected chi connectivity index (χ0v) is 17.5. The maximum absolute atomic E-state index is 12.5. The predicted octanol–water partition coefficient (Wildman–Crippen LogP) is 1.25. The maximum atomic E-state index is 12.5. The summed E-state index contributed by atoms with van der Waals surface area (Å²) in [6.45, 7) is 0.237. The topological polar surface area (TPSA) is 91.0 Å². The monoisotopic (exact) mass is 410 g/mol. The van der Waals surface area contributed by atoms with Crippen molar-refractivity contribution in [3.63, 3.8) is 0 Å². The molecular weight excluding hydrogens is 384 g/mol. The van der Waals surface area contributed by atoms with Gasteiger partial charge in [0.2, 0.25) is 0 Å². The number of hydrogen-bond acceptors (Lipinski definition) is 5. The Kier molecular flexibility index (Phi) is 6.37. The Morgan fingerprint density at radius 3 is 2.40 bits per heavy atom. The van der Waals surface area contributed by atoms with E-state index in [2.05, 4.69) is 10.6 Å². The summed E-state index contributed by atoms with van der Waals surface area (Å²) in [5.74, 6) is -1.16. The van der Waals surface area contributed by atoms with Crippen LogP contribution in [0.1, 0.15) is 23.2 Å². The Morgan fingerprint density at radius 1 is 1.10 bits per heavy atom. The average Bonchev–Trinajstić information content (AvgIpc) is 2.99. The van der Waals surface area contributed by atoms with Gasteiger partial charge in [-0.25, -0.2) is 0 Å². The molecule has 2 aromatic rings. The first-order valence-corrected chi connectivity index (χ1v) is 9.59. The van der Waals surface area contributed by atoms with Crippen LogP contribution in [0.2, 0.25) is 0 Å². The van der Waals surface area contributed by atoms with E-state index in [0.29, 0.717) is 5.56 Å². The third-order valence-electron chi connectivity index (χ3n) is 5.25. The second-order valence-electron chi connectivity index (χ2n) is 7.33. The predicted molar refractivity (Wildman–Crippen MR) is 113 cm³/mol. The van der Waals surface area contributed by atoms with Crippen molar-refractivity contribution in [3.8, 4) is 5.75 Å². The summed E-state index contributed by atoms with van der Waals surface area (Å²) in [6.07, 6.45) is 0. The summed E-state index contributed by atoms with van der Waals surface area (Å²) in [4.78, 5) is 40.7. The zero-order valence-electron chi connectivity index (χ0n) is 17.5. The number of fused-ring (bicyclic) bond motifs is 1. The smallest absolute Gasteiger partial charge is 0.310 e. The lowest BCUT2D eigenvalue weighted by molar-refractivity contribution is -0.140. The van der Waals surface area contributed by atoms with Gasteiger partial charge in [0.1, 0.15) is 11.8 Å². The summed E-state index contributed by atoms with van der Waals surface area (Å²) >= 11 is 0. The van der Waals surface area contributed by atoms with Crippen molar-refractivity contribution in [2.75, 3.05) is 39.7 Å². The van der Waals surface area contributed by atoms with E-state index in [4.69, 9.17) is 4.74 Å². The second-order valence-corrected chi connectivity index (χ2v) is 7.33. The molecule has 2 atom stereocenters. The molecule has 2 aromatic carbocycles. The molecule has 0 bridgehead atoms. The van der Waals surface area contributed by atoms with E-state index in [9.17, 15) is 14.4 Å². The van der Waals surface area contributed by atoms with Crippen LogP contribution in [0, 0.1) is 0 Å². The van der Waals surface area contributed by atoms with Crippen LogP contribution < -0.4 is 20.3 Å². The number of ether oxygens (including phenoxy) is 1. The molecular formula is C22H26N4O4. The number of likely N-dealkylation sites (N-methyl/N-ethyl adjacent to an activating group) is 2. The highest BCUT2D eigenvalue weighted by Gasteiger charge is 2.36. The molecule has 1 aliphatic rings. The molecule has 0 spiro atoms. The number of carbonyl (C=O) groups excluding carboxylic acids is 3. The molecule has 0 fully saturated rings. The Morgan fingerprint density at radius 2 is 1.77 bits per heavy atom. The van der Waals surface area contributed by atoms with Crippen LogP contribution in [0.15, 0.2) is 48.5 Å². The Hall–Kier alpha value is -3.39. The molecule has 2 N–H and O–H groups in total. The van der Waals surface area contributed by atoms with Crippen molar-refractivity contribution >= 4 is 23.4 Å². The summed E-state index contributed by atoms with van der Waals surface area (Å²) in [5.41, 5.74) is 2.37. The van der Waals surface area contributed by atoms with Crippen molar-refractivity contribution in [2.45, 2.75) is 12.1 Å². The highest BCUT2D eigenvalue weighted by molar-refractivity contribution is 6.35. The Balaban J connectivity index is 1.63. The van der Waals surface area contributed by atoms with Gasteiger partial charge in [0.25, 0.3) is 5.91 Å². The number of amides is 3. The van der Waals surface area contributed by atoms with E-state index in [-0.39, 0.29) is 18.5 Å². The fourth-order valence-electron chi connectivity index (χ4n) is 3.51. The van der Waals surface area contributed by atoms with Gasteiger partial charge in [-0.3, -0.25) is 14.4 Å². The summed E-state index contributed by atoms with van der Waals surface area (Å²) in [5, 5.41) is 5.22. The van der Waals surface area contributed by atoms with Crippen molar-refractivity contribution < 1.29 is 19.1 Å². The summed E-state index contributed by atoms with van der Waals surface area (Å²) < 4.78 is 5.18. The first kappa shape index (κ1) is 21.3. The number of methoxy groups -OCH3 is 1. The van der Waals surface area contributed by atoms with Crippen molar-refractivity contribution in [3.05, 3.63) is 59.7 Å². The second kappa shape index (κ2) is 8.96. The lowest BCUT2D eigenvalue weighted by Crippen LogP contribution is -2.45. The molecule has 0 aromatic heterocycles. The van der Waals surface area contributed by atoms with Crippen LogP contribution in [-0.4, -0.2) is 57.4 Å². The molecule has 0 saturated heterocycles. The Bertz CT molecular complexity index is 942. The van der Waals surface area contributed by atoms with E-state index in [0.717, 1.165) is 17.0 Å². The van der Waals surface area contributed by atoms with Gasteiger partial charge in [0.15, 0.2) is 0 Å². The van der Waals surface area contributed by atoms with Crippen LogP contribution in [0.3, 0.4) is 0 Å². The van der Waals surface area contributed by atoms with Gasteiger partial charge in [-0.05, 0) is 37.9 Å². The molecule has 30 heavy (non-hydrogen) atoms. The minimum Gasteiger partial charge on any atom is -0.497 e. The van der Waals surface area contributed by atoms with Gasteiger partial charge in [-0.15, -0.1) is 0 Å². The van der Waals surface area contributed by atoms with Gasteiger partial charge in [0, 0.05) is 24.8 Å². The number of hydrogen-bond donors (Lipinski definition) is 2. The van der Waals surface area contributed by atoms with E-state index in [1.165, 1.54) is 4.90 Å². The van der Waals surface area contributed by atoms with Gasteiger partial charge in [-0.1, -0.05) is 30.3 Å². The lowest BCUT2D eigenvalue weighted by Gasteiger charge is -2.25. The highest BCUT2D eigenvalue weighted by atomic mass is 16.5. The van der Waals surface area contributed by atoms with Crippen molar-refractivity contribution in [1.29, 1.82) is 0 Å². The average molecular weight is 410 g/mol. The molecule has 0 saturated carbocycles. The first-order chi connectivity index (χ1) is 14.3. The number of carbonyl (C=O) groups is 3. The van der Waals surface area contributed by atoms with Crippen LogP contribution >= 0.6 is 0 Å². The van der Waals surface area contributed by atoms with Crippen LogP contribution in [0.4, 0.5) is 5.69 Å². The minimum absolute atomic E-state index is 0.132. The third kappa shape index (κ3) is 4.28. The largest absolute Gasteiger partial charge is 0.497 e. The van der Waals surface area contributed by atoms with Crippen LogP contribution in [0.25, 0.3) is 0 Å². The highest BCUT2D eigenvalue weighted by Crippen LogP contribution is 2.34. The fraction of sp³-hybridized carbons (Fsp3) is 0.318. The molecule has 8 heteroatoms. The van der Waals surface area contributed by atoms with Crippen molar-refractivity contribution in [1.82, 2.24) is 15.5 Å².